The van der Waals surface area contributed by atoms with Crippen LogP contribution >= 0.6 is 0 Å². The molecule has 3 saturated carbocycles. The molecule has 4 aliphatic rings. The zero-order valence-corrected chi connectivity index (χ0v) is 18.3. The van der Waals surface area contributed by atoms with Crippen LogP contribution in [0, 0.1) is 23.7 Å². The van der Waals surface area contributed by atoms with Gasteiger partial charge in [0.1, 0.15) is 6.61 Å². The molecule has 4 fully saturated rings. The fourth-order valence-electron chi connectivity index (χ4n) is 6.46. The summed E-state index contributed by atoms with van der Waals surface area (Å²) in [5, 5.41) is 25.9. The van der Waals surface area contributed by atoms with Crippen molar-refractivity contribution in [3.05, 3.63) is 35.9 Å². The number of carbonyl (C=O) groups excluding carboxylic acids is 2. The molecule has 7 heteroatoms. The van der Waals surface area contributed by atoms with Gasteiger partial charge in [-0.2, -0.15) is 0 Å². The molecule has 1 aromatic rings. The smallest absolute Gasteiger partial charge is 0.233 e. The average molecular weight is 441 g/mol. The maximum Gasteiger partial charge on any atom is 0.233 e. The third kappa shape index (κ3) is 3.75. The van der Waals surface area contributed by atoms with E-state index >= 15 is 0 Å². The number of nitrogens with zero attached hydrogens (tertiary/aromatic N) is 2. The lowest BCUT2D eigenvalue weighted by molar-refractivity contribution is -0.145. The van der Waals surface area contributed by atoms with Crippen molar-refractivity contribution in [3.8, 4) is 0 Å². The Morgan fingerprint density at radius 3 is 2.41 bits per heavy atom. The van der Waals surface area contributed by atoms with Crippen LogP contribution in [0.2, 0.25) is 0 Å². The second kappa shape index (κ2) is 8.94. The Labute approximate surface area is 188 Å². The first-order valence-electron chi connectivity index (χ1n) is 12.0. The van der Waals surface area contributed by atoms with Gasteiger partial charge in [0.2, 0.25) is 11.8 Å². The van der Waals surface area contributed by atoms with E-state index in [0.717, 1.165) is 37.7 Å². The minimum atomic E-state index is -1.04. The first-order valence-corrected chi connectivity index (χ1v) is 12.0. The van der Waals surface area contributed by atoms with Crippen molar-refractivity contribution in [1.82, 2.24) is 4.90 Å². The lowest BCUT2D eigenvalue weighted by Gasteiger charge is -2.45. The molecule has 1 aliphatic heterocycles. The molecule has 2 N–H and O–H groups in total. The first-order chi connectivity index (χ1) is 15.6. The van der Waals surface area contributed by atoms with Crippen LogP contribution in [0.5, 0.6) is 0 Å². The fraction of sp³-hybridized carbons (Fsp3) is 0.640. The molecule has 0 unspecified atom stereocenters. The summed E-state index contributed by atoms with van der Waals surface area (Å²) in [5.74, 6) is -1.85. The van der Waals surface area contributed by atoms with Crippen molar-refractivity contribution < 1.29 is 24.6 Å². The van der Waals surface area contributed by atoms with Gasteiger partial charge in [0.25, 0.3) is 0 Å². The Kier molecular flexibility index (Phi) is 6.03. The summed E-state index contributed by atoms with van der Waals surface area (Å²) in [4.78, 5) is 33.9. The van der Waals surface area contributed by atoms with E-state index in [1.807, 2.05) is 30.3 Å². The molecule has 7 nitrogen and oxygen atoms in total. The molecule has 1 saturated heterocycles. The third-order valence-corrected chi connectivity index (χ3v) is 8.01. The fourth-order valence-corrected chi connectivity index (χ4v) is 6.46. The highest BCUT2D eigenvalue weighted by Gasteiger charge is 2.60. The van der Waals surface area contributed by atoms with Crippen LogP contribution < -0.4 is 0 Å². The number of fused-ring (bicyclic) bond motifs is 3. The van der Waals surface area contributed by atoms with Gasteiger partial charge in [-0.3, -0.25) is 14.5 Å². The molecule has 6 atom stereocenters. The third-order valence-electron chi connectivity index (χ3n) is 8.01. The number of imide groups is 1. The average Bonchev–Trinajstić information content (AvgIpc) is 3.08. The van der Waals surface area contributed by atoms with Crippen molar-refractivity contribution in [2.75, 3.05) is 0 Å². The molecule has 32 heavy (non-hydrogen) atoms. The summed E-state index contributed by atoms with van der Waals surface area (Å²) in [6.45, 7) is 0.319. The summed E-state index contributed by atoms with van der Waals surface area (Å²) >= 11 is 0. The van der Waals surface area contributed by atoms with Gasteiger partial charge in [-0.05, 0) is 31.2 Å². The standard InChI is InChI=1S/C25H32N2O5/c28-20-13-19(26-32-14-15-7-3-1-4-8-15)17-11-12-18-22(21(17)23(20)29)25(31)27(24(18)30)16-9-5-2-6-10-16/h1,3-4,7-8,16-18,20-23,28-29H,2,5-6,9-14H2/b26-19+/t17-,18+,20+,21-,22+,23+/m0/s1. The molecular formula is C25H32N2O5. The molecule has 2 amide bonds. The molecule has 0 radical (unpaired) electrons. The highest BCUT2D eigenvalue weighted by Crippen LogP contribution is 2.50. The number of rotatable bonds is 4. The van der Waals surface area contributed by atoms with Crippen LogP contribution in [0.4, 0.5) is 0 Å². The predicted octanol–water partition coefficient (Wildman–Crippen LogP) is 2.64. The Morgan fingerprint density at radius 1 is 0.938 bits per heavy atom. The van der Waals surface area contributed by atoms with Crippen LogP contribution in [0.1, 0.15) is 56.9 Å². The highest BCUT2D eigenvalue weighted by molar-refractivity contribution is 6.06. The van der Waals surface area contributed by atoms with E-state index in [1.54, 1.807) is 0 Å². The van der Waals surface area contributed by atoms with Crippen molar-refractivity contribution in [1.29, 1.82) is 0 Å². The van der Waals surface area contributed by atoms with Crippen LogP contribution in [-0.2, 0) is 21.0 Å². The van der Waals surface area contributed by atoms with E-state index in [1.165, 1.54) is 4.90 Å². The zero-order valence-electron chi connectivity index (χ0n) is 18.3. The number of likely N-dealkylation sites (tertiary alicyclic amines) is 1. The van der Waals surface area contributed by atoms with Gasteiger partial charge in [0, 0.05) is 24.3 Å². The Morgan fingerprint density at radius 2 is 1.66 bits per heavy atom. The van der Waals surface area contributed by atoms with Gasteiger partial charge in [0.05, 0.1) is 29.8 Å². The number of aliphatic hydroxyl groups is 2. The van der Waals surface area contributed by atoms with Gasteiger partial charge in [0.15, 0.2) is 0 Å². The maximum absolute atomic E-state index is 13.5. The SMILES string of the molecule is O=C1[C@H]2[C@H]3[C@H](O)[C@H](O)C/C(=N\OCc4ccccc4)[C@@H]3CC[C@H]2C(=O)N1C1CCCCC1. The molecule has 0 bridgehead atoms. The Balaban J connectivity index is 1.37. The summed E-state index contributed by atoms with van der Waals surface area (Å²) < 4.78 is 0. The molecule has 1 heterocycles. The lowest BCUT2D eigenvalue weighted by Crippen LogP contribution is -2.54. The van der Waals surface area contributed by atoms with E-state index in [-0.39, 0.29) is 30.2 Å². The summed E-state index contributed by atoms with van der Waals surface area (Å²) in [7, 11) is 0. The molecule has 5 rings (SSSR count). The predicted molar refractivity (Wildman–Crippen MR) is 117 cm³/mol. The van der Waals surface area contributed by atoms with Crippen LogP contribution in [0.25, 0.3) is 0 Å². The monoisotopic (exact) mass is 440 g/mol. The van der Waals surface area contributed by atoms with Gasteiger partial charge < -0.3 is 15.1 Å². The van der Waals surface area contributed by atoms with Crippen molar-refractivity contribution >= 4 is 17.5 Å². The van der Waals surface area contributed by atoms with Gasteiger partial charge in [-0.25, -0.2) is 0 Å². The molecular weight excluding hydrogens is 408 g/mol. The minimum absolute atomic E-state index is 0.0131. The van der Waals surface area contributed by atoms with E-state index in [9.17, 15) is 19.8 Å². The van der Waals surface area contributed by atoms with E-state index in [0.29, 0.717) is 25.2 Å². The maximum atomic E-state index is 13.5. The van der Waals surface area contributed by atoms with Gasteiger partial charge in [-0.1, -0.05) is 54.8 Å². The second-order valence-electron chi connectivity index (χ2n) is 9.84. The van der Waals surface area contributed by atoms with E-state index in [4.69, 9.17) is 4.84 Å². The van der Waals surface area contributed by atoms with Crippen LogP contribution in [-0.4, -0.2) is 50.9 Å². The molecule has 0 aromatic heterocycles. The van der Waals surface area contributed by atoms with Crippen molar-refractivity contribution in [2.45, 2.75) is 76.2 Å². The number of hydrogen-bond acceptors (Lipinski definition) is 6. The molecule has 172 valence electrons. The van der Waals surface area contributed by atoms with Crippen LogP contribution in [0.3, 0.4) is 0 Å². The highest BCUT2D eigenvalue weighted by atomic mass is 16.6. The number of oxime groups is 1. The normalized spacial score (nSPS) is 36.8. The number of amides is 2. The molecule has 1 aromatic carbocycles. The lowest BCUT2D eigenvalue weighted by atomic mass is 9.60. The topological polar surface area (TPSA) is 99.4 Å². The molecule has 0 spiro atoms. The van der Waals surface area contributed by atoms with Crippen molar-refractivity contribution in [2.24, 2.45) is 28.8 Å². The van der Waals surface area contributed by atoms with E-state index < -0.39 is 30.0 Å². The summed E-state index contributed by atoms with van der Waals surface area (Å²) in [6, 6.07) is 9.70. The largest absolute Gasteiger partial charge is 0.391 e. The summed E-state index contributed by atoms with van der Waals surface area (Å²) in [5.41, 5.74) is 1.69. The Hall–Kier alpha value is -2.25. The van der Waals surface area contributed by atoms with Crippen LogP contribution in [0.15, 0.2) is 35.5 Å². The quantitative estimate of drug-likeness (QED) is 0.554. The number of benzene rings is 1. The second-order valence-corrected chi connectivity index (χ2v) is 9.84. The summed E-state index contributed by atoms with van der Waals surface area (Å²) in [6.07, 6.45) is 4.43. The number of aliphatic hydroxyl groups excluding tert-OH is 2. The molecule has 3 aliphatic carbocycles. The van der Waals surface area contributed by atoms with Gasteiger partial charge in [-0.15, -0.1) is 0 Å². The minimum Gasteiger partial charge on any atom is -0.391 e. The number of carbonyl (C=O) groups is 2. The van der Waals surface area contributed by atoms with E-state index in [2.05, 4.69) is 5.16 Å². The van der Waals surface area contributed by atoms with Crippen molar-refractivity contribution in [3.63, 3.8) is 0 Å². The first kappa shape index (κ1) is 21.6. The number of hydrogen-bond donors (Lipinski definition) is 2. The van der Waals surface area contributed by atoms with Gasteiger partial charge >= 0.3 is 0 Å². The Bertz CT molecular complexity index is 882. The zero-order chi connectivity index (χ0) is 22.2.